The van der Waals surface area contributed by atoms with Crippen molar-refractivity contribution in [3.63, 3.8) is 0 Å². The summed E-state index contributed by atoms with van der Waals surface area (Å²) in [5.74, 6) is -1.93. The second kappa shape index (κ2) is 17.5. The van der Waals surface area contributed by atoms with E-state index in [-0.39, 0.29) is 36.2 Å². The number of ether oxygens (including phenoxy) is 4. The number of carbonyl (C=O) groups excluding carboxylic acids is 3. The van der Waals surface area contributed by atoms with E-state index in [2.05, 4.69) is 15.2 Å². The van der Waals surface area contributed by atoms with E-state index in [0.717, 1.165) is 19.2 Å². The Morgan fingerprint density at radius 3 is 2.45 bits per heavy atom. The van der Waals surface area contributed by atoms with Crippen molar-refractivity contribution in [1.29, 1.82) is 5.26 Å². The van der Waals surface area contributed by atoms with Gasteiger partial charge < -0.3 is 34.3 Å². The van der Waals surface area contributed by atoms with E-state index in [1.54, 1.807) is 39.0 Å². The van der Waals surface area contributed by atoms with E-state index >= 15 is 0 Å². The van der Waals surface area contributed by atoms with Crippen LogP contribution in [0.5, 0.6) is 5.75 Å². The molecule has 0 amide bonds. The molecule has 2 aromatic heterocycles. The number of hydrogen-bond acceptors (Lipinski definition) is 15. The molecule has 3 heterocycles. The number of nitriles is 1. The van der Waals surface area contributed by atoms with Gasteiger partial charge in [0.1, 0.15) is 47.5 Å². The number of nitrogens with one attached hydrogen (secondary N) is 1. The van der Waals surface area contributed by atoms with Crippen LogP contribution in [0.1, 0.15) is 72.9 Å². The highest BCUT2D eigenvalue weighted by Crippen LogP contribution is 2.48. The predicted octanol–water partition coefficient (Wildman–Crippen LogP) is 3.98. The number of aliphatic hydroxyl groups is 1. The number of anilines is 1. The summed E-state index contributed by atoms with van der Waals surface area (Å²) < 4.78 is 49.7. The van der Waals surface area contributed by atoms with Crippen molar-refractivity contribution >= 4 is 37.0 Å². The number of aliphatic hydroxyl groups excluding tert-OH is 1. The summed E-state index contributed by atoms with van der Waals surface area (Å²) in [6, 6.07) is 11.8. The largest absolute Gasteiger partial charge is 0.464 e. The van der Waals surface area contributed by atoms with Gasteiger partial charge >= 0.3 is 25.7 Å². The topological polar surface area (TPSA) is 236 Å². The van der Waals surface area contributed by atoms with E-state index in [1.165, 1.54) is 35.7 Å². The zero-order chi connectivity index (χ0) is 39.0. The van der Waals surface area contributed by atoms with Crippen molar-refractivity contribution in [2.75, 3.05) is 18.9 Å². The minimum absolute atomic E-state index is 0.0181. The van der Waals surface area contributed by atoms with Gasteiger partial charge in [0.15, 0.2) is 11.9 Å². The lowest BCUT2D eigenvalue weighted by Crippen LogP contribution is -2.43. The van der Waals surface area contributed by atoms with Crippen molar-refractivity contribution in [2.45, 2.75) is 103 Å². The second-order valence-electron chi connectivity index (χ2n) is 13.5. The van der Waals surface area contributed by atoms with Gasteiger partial charge in [0.2, 0.25) is 5.60 Å². The molecule has 4 N–H and O–H groups in total. The van der Waals surface area contributed by atoms with Crippen LogP contribution in [-0.4, -0.2) is 80.8 Å². The lowest BCUT2D eigenvalue weighted by atomic mass is 9.92. The van der Waals surface area contributed by atoms with Crippen LogP contribution in [0.15, 0.2) is 48.8 Å². The average Bonchev–Trinajstić information content (AvgIpc) is 3.66. The number of nitrogen functional groups attached to an aromatic ring is 1. The van der Waals surface area contributed by atoms with Gasteiger partial charge in [-0.15, -0.1) is 0 Å². The molecule has 1 saturated heterocycles. The fourth-order valence-corrected chi connectivity index (χ4v) is 7.01. The maximum absolute atomic E-state index is 14.3. The minimum atomic E-state index is -4.49. The van der Waals surface area contributed by atoms with E-state index in [0.29, 0.717) is 5.52 Å². The Hall–Kier alpha value is -4.59. The zero-order valence-corrected chi connectivity index (χ0v) is 31.5. The molecule has 0 saturated carbocycles. The van der Waals surface area contributed by atoms with Gasteiger partial charge in [-0.3, -0.25) is 18.9 Å². The van der Waals surface area contributed by atoms with Crippen LogP contribution in [-0.2, 0) is 48.0 Å². The second-order valence-corrected chi connectivity index (χ2v) is 15.2. The van der Waals surface area contributed by atoms with Gasteiger partial charge in [-0.25, -0.2) is 14.1 Å². The number of benzene rings is 1. The molecule has 0 aliphatic carbocycles. The van der Waals surface area contributed by atoms with Crippen LogP contribution in [0, 0.1) is 17.2 Å². The summed E-state index contributed by atoms with van der Waals surface area (Å²) in [5.41, 5.74) is 3.30. The van der Waals surface area contributed by atoms with Crippen LogP contribution in [0.2, 0.25) is 0 Å². The number of esters is 3. The van der Waals surface area contributed by atoms with E-state index in [4.69, 9.17) is 33.7 Å². The highest BCUT2D eigenvalue weighted by molar-refractivity contribution is 7.52. The molecule has 288 valence electrons. The smallest absolute Gasteiger partial charge is 0.459 e. The monoisotopic (exact) mass is 758 g/mol. The molecule has 1 aliphatic rings. The number of fused-ring (bicyclic) bond motifs is 1. The van der Waals surface area contributed by atoms with Gasteiger partial charge in [-0.05, 0) is 57.9 Å². The molecule has 1 aliphatic heterocycles. The fourth-order valence-electron chi connectivity index (χ4n) is 5.50. The molecule has 4 rings (SSSR count). The quantitative estimate of drug-likeness (QED) is 0.100. The molecule has 0 spiro atoms. The van der Waals surface area contributed by atoms with Crippen LogP contribution in [0.3, 0.4) is 0 Å². The Labute approximate surface area is 307 Å². The summed E-state index contributed by atoms with van der Waals surface area (Å²) >= 11 is 0. The van der Waals surface area contributed by atoms with Gasteiger partial charge in [0, 0.05) is 0 Å². The third-order valence-corrected chi connectivity index (χ3v) is 10.0. The first-order valence-corrected chi connectivity index (χ1v) is 18.8. The summed E-state index contributed by atoms with van der Waals surface area (Å²) in [6.07, 6.45) is -2.98. The molecule has 17 nitrogen and oxygen atoms in total. The Balaban J connectivity index is 1.63. The maximum Gasteiger partial charge on any atom is 0.459 e. The average molecular weight is 759 g/mol. The summed E-state index contributed by atoms with van der Waals surface area (Å²) in [6.45, 7) is 9.90. The lowest BCUT2D eigenvalue weighted by Gasteiger charge is -2.26. The Morgan fingerprint density at radius 1 is 1.13 bits per heavy atom. The van der Waals surface area contributed by atoms with Crippen molar-refractivity contribution in [2.24, 2.45) is 5.92 Å². The van der Waals surface area contributed by atoms with Crippen molar-refractivity contribution in [3.8, 4) is 11.8 Å². The molecule has 0 radical (unpaired) electrons. The van der Waals surface area contributed by atoms with Gasteiger partial charge in [0.25, 0.3) is 0 Å². The van der Waals surface area contributed by atoms with Crippen LogP contribution in [0.25, 0.3) is 5.52 Å². The number of hydrogen-bond donors (Lipinski definition) is 3. The first-order valence-electron chi connectivity index (χ1n) is 17.3. The van der Waals surface area contributed by atoms with E-state index in [1.807, 2.05) is 19.9 Å². The molecule has 53 heavy (non-hydrogen) atoms. The zero-order valence-electron chi connectivity index (χ0n) is 30.6. The number of rotatable bonds is 17. The molecular weight excluding hydrogens is 711 g/mol. The van der Waals surface area contributed by atoms with E-state index < -0.39 is 74.2 Å². The maximum atomic E-state index is 14.3. The first kappa shape index (κ1) is 41.2. The number of nitrogens with two attached hydrogens (primary N) is 1. The SMILES string of the molecule is CCC(CC)COC(=O)[C@H](C)N[P@](=O)(OC[C@H]1O[C@@](C#N)(c2ccc3c(N)ncnn23)[C@H](O)[C@@H]1OC(=O)CCC(=O)OC(C)(C)C)Oc1ccccc1. The van der Waals surface area contributed by atoms with Crippen molar-refractivity contribution < 1.29 is 52.1 Å². The van der Waals surface area contributed by atoms with Crippen LogP contribution >= 0.6 is 7.75 Å². The number of para-hydroxylation sites is 1. The number of nitrogens with zero attached hydrogens (tertiary/aromatic N) is 4. The highest BCUT2D eigenvalue weighted by atomic mass is 31.2. The number of carbonyl (C=O) groups is 3. The normalized spacial score (nSPS) is 21.8. The van der Waals surface area contributed by atoms with Gasteiger partial charge in [-0.1, -0.05) is 44.9 Å². The minimum Gasteiger partial charge on any atom is -0.464 e. The Morgan fingerprint density at radius 2 is 1.81 bits per heavy atom. The van der Waals surface area contributed by atoms with Crippen molar-refractivity contribution in [3.05, 3.63) is 54.5 Å². The van der Waals surface area contributed by atoms with E-state index in [9.17, 15) is 29.3 Å². The van der Waals surface area contributed by atoms with Gasteiger partial charge in [-0.2, -0.15) is 15.4 Å². The highest BCUT2D eigenvalue weighted by Gasteiger charge is 2.60. The molecule has 0 unspecified atom stereocenters. The Kier molecular flexibility index (Phi) is 13.6. The standard InChI is InChI=1S/C35H47N6O11P/c1-7-23(8-2)18-47-33(45)22(3)40-53(46,52-24-12-10-9-11-13-24)48-19-26-30(49-28(42)16-17-29(43)51-34(4,5)6)31(44)35(20-36,50-26)27-15-14-25-32(37)38-21-39-41(25)27/h9-15,21-23,26,30-31,44H,7-8,16-19H2,1-6H3,(H,40,46)(H2,37,38,39)/t22-,26+,30+,31+,35-,53-/m0/s1. The summed E-state index contributed by atoms with van der Waals surface area (Å²) in [5, 5.41) is 29.1. The molecule has 6 atom stereocenters. The fraction of sp³-hybridized carbons (Fsp3) is 0.543. The summed E-state index contributed by atoms with van der Waals surface area (Å²) in [7, 11) is -4.49. The molecule has 1 fully saturated rings. The molecule has 18 heteroatoms. The lowest BCUT2D eigenvalue weighted by molar-refractivity contribution is -0.162. The van der Waals surface area contributed by atoms with Crippen LogP contribution < -0.4 is 15.3 Å². The molecule has 3 aromatic rings. The van der Waals surface area contributed by atoms with Gasteiger partial charge in [0.05, 0.1) is 31.7 Å². The van der Waals surface area contributed by atoms with Crippen molar-refractivity contribution in [1.82, 2.24) is 19.7 Å². The number of aromatic nitrogens is 3. The predicted molar refractivity (Wildman–Crippen MR) is 189 cm³/mol. The third kappa shape index (κ3) is 10.3. The first-order chi connectivity index (χ1) is 25.0. The molecular formula is C35H47N6O11P. The third-order valence-electron chi connectivity index (χ3n) is 8.38. The molecule has 1 aromatic carbocycles. The Bertz CT molecular complexity index is 1820. The molecule has 0 bridgehead atoms. The van der Waals surface area contributed by atoms with Crippen LogP contribution in [0.4, 0.5) is 5.82 Å². The summed E-state index contributed by atoms with van der Waals surface area (Å²) in [4.78, 5) is 42.3.